The second-order valence-corrected chi connectivity index (χ2v) is 5.33. The Bertz CT molecular complexity index is 507. The molecule has 1 aromatic rings. The van der Waals surface area contributed by atoms with E-state index in [0.717, 1.165) is 18.2 Å². The molecule has 110 valence electrons. The van der Waals surface area contributed by atoms with Crippen molar-refractivity contribution in [3.8, 4) is 0 Å². The Morgan fingerprint density at radius 2 is 1.70 bits per heavy atom. The number of aliphatic carboxylic acids is 1. The van der Waals surface area contributed by atoms with Crippen LogP contribution in [0.25, 0.3) is 0 Å². The van der Waals surface area contributed by atoms with Crippen LogP contribution in [0, 0.1) is 17.0 Å². The van der Waals surface area contributed by atoms with Crippen molar-refractivity contribution >= 4 is 17.7 Å². The molecule has 0 spiro atoms. The van der Waals surface area contributed by atoms with Gasteiger partial charge in [0.15, 0.2) is 0 Å². The lowest BCUT2D eigenvalue weighted by molar-refractivity contribution is -0.141. The summed E-state index contributed by atoms with van der Waals surface area (Å²) in [5, 5.41) is 13.2. The summed E-state index contributed by atoms with van der Waals surface area (Å²) in [7, 11) is 0. The third-order valence-electron chi connectivity index (χ3n) is 2.59. The Labute approximate surface area is 115 Å². The second-order valence-electron chi connectivity index (χ2n) is 5.33. The fourth-order valence-corrected chi connectivity index (χ4v) is 1.55. The van der Waals surface area contributed by atoms with Gasteiger partial charge in [-0.05, 0) is 17.5 Å². The third kappa shape index (κ3) is 3.91. The first kappa shape index (κ1) is 15.9. The number of carbonyl (C=O) groups excluding carboxylic acids is 1. The Hall–Kier alpha value is -2.18. The average Bonchev–Trinajstić information content (AvgIpc) is 2.29. The molecule has 0 fully saturated rings. The SMILES string of the molecule is CC(C)(C)[C@@H](NC(=O)Nc1c(F)cccc1F)C(=O)O. The van der Waals surface area contributed by atoms with Crippen LogP contribution in [0.5, 0.6) is 0 Å². The van der Waals surface area contributed by atoms with Gasteiger partial charge in [-0.25, -0.2) is 18.4 Å². The van der Waals surface area contributed by atoms with Crippen LogP contribution in [0.1, 0.15) is 20.8 Å². The Morgan fingerprint density at radius 3 is 2.10 bits per heavy atom. The largest absolute Gasteiger partial charge is 0.480 e. The fourth-order valence-electron chi connectivity index (χ4n) is 1.55. The fraction of sp³-hybridized carbons (Fsp3) is 0.385. The number of benzene rings is 1. The molecule has 1 atom stereocenters. The molecule has 1 aromatic carbocycles. The first-order valence-electron chi connectivity index (χ1n) is 5.87. The molecule has 1 rings (SSSR count). The first-order valence-corrected chi connectivity index (χ1v) is 5.87. The number of hydrogen-bond acceptors (Lipinski definition) is 2. The quantitative estimate of drug-likeness (QED) is 0.799. The van der Waals surface area contributed by atoms with Gasteiger partial charge >= 0.3 is 12.0 Å². The summed E-state index contributed by atoms with van der Waals surface area (Å²) in [6, 6.07) is 0.936. The van der Waals surface area contributed by atoms with Crippen molar-refractivity contribution in [1.82, 2.24) is 5.32 Å². The van der Waals surface area contributed by atoms with E-state index in [1.807, 2.05) is 5.32 Å². The van der Waals surface area contributed by atoms with Crippen LogP contribution in [0.3, 0.4) is 0 Å². The maximum Gasteiger partial charge on any atom is 0.326 e. The van der Waals surface area contributed by atoms with Gasteiger partial charge in [0.2, 0.25) is 0 Å². The lowest BCUT2D eigenvalue weighted by Crippen LogP contribution is -2.50. The number of halogens is 2. The van der Waals surface area contributed by atoms with Gasteiger partial charge in [0.1, 0.15) is 23.4 Å². The number of hydrogen-bond donors (Lipinski definition) is 3. The zero-order valence-electron chi connectivity index (χ0n) is 11.3. The molecule has 0 aliphatic heterocycles. The molecule has 7 heteroatoms. The maximum absolute atomic E-state index is 13.3. The van der Waals surface area contributed by atoms with Gasteiger partial charge in [0.05, 0.1) is 0 Å². The van der Waals surface area contributed by atoms with Gasteiger partial charge < -0.3 is 15.7 Å². The van der Waals surface area contributed by atoms with Gasteiger partial charge in [-0.2, -0.15) is 0 Å². The Morgan fingerprint density at radius 1 is 1.20 bits per heavy atom. The summed E-state index contributed by atoms with van der Waals surface area (Å²) in [6.45, 7) is 4.86. The van der Waals surface area contributed by atoms with E-state index in [1.54, 1.807) is 20.8 Å². The monoisotopic (exact) mass is 286 g/mol. The molecule has 3 N–H and O–H groups in total. The minimum absolute atomic E-state index is 0.622. The number of para-hydroxylation sites is 1. The van der Waals surface area contributed by atoms with Crippen molar-refractivity contribution in [3.05, 3.63) is 29.8 Å². The number of nitrogens with one attached hydrogen (secondary N) is 2. The second kappa shape index (κ2) is 5.85. The van der Waals surface area contributed by atoms with E-state index >= 15 is 0 Å². The Balaban J connectivity index is 2.84. The van der Waals surface area contributed by atoms with Crippen LogP contribution >= 0.6 is 0 Å². The number of urea groups is 1. The van der Waals surface area contributed by atoms with Gasteiger partial charge in [-0.3, -0.25) is 0 Å². The minimum atomic E-state index is -1.23. The van der Waals surface area contributed by atoms with Crippen molar-refractivity contribution < 1.29 is 23.5 Å². The number of carboxylic acids is 1. The number of carbonyl (C=O) groups is 2. The molecule has 20 heavy (non-hydrogen) atoms. The molecule has 0 saturated heterocycles. The molecule has 0 unspecified atom stereocenters. The highest BCUT2D eigenvalue weighted by atomic mass is 19.1. The number of carboxylic acid groups (broad SMARTS) is 1. The highest BCUT2D eigenvalue weighted by Gasteiger charge is 2.32. The van der Waals surface area contributed by atoms with Gasteiger partial charge in [-0.15, -0.1) is 0 Å². The molecule has 2 amide bonds. The minimum Gasteiger partial charge on any atom is -0.480 e. The van der Waals surface area contributed by atoms with Crippen molar-refractivity contribution in [2.45, 2.75) is 26.8 Å². The topological polar surface area (TPSA) is 78.4 Å². The van der Waals surface area contributed by atoms with E-state index in [2.05, 4.69) is 5.32 Å². The van der Waals surface area contributed by atoms with Crippen LogP contribution in [0.15, 0.2) is 18.2 Å². The predicted octanol–water partition coefficient (Wildman–Crippen LogP) is 2.59. The summed E-state index contributed by atoms with van der Waals surface area (Å²) in [6.07, 6.45) is 0. The molecule has 0 aromatic heterocycles. The summed E-state index contributed by atoms with van der Waals surface area (Å²) in [5.74, 6) is -3.12. The molecular weight excluding hydrogens is 270 g/mol. The predicted molar refractivity (Wildman–Crippen MR) is 69.4 cm³/mol. The molecule has 0 aliphatic rings. The molecule has 0 heterocycles. The van der Waals surface area contributed by atoms with Crippen LogP contribution in [-0.2, 0) is 4.79 Å². The van der Waals surface area contributed by atoms with Crippen LogP contribution in [-0.4, -0.2) is 23.1 Å². The number of rotatable bonds is 3. The highest BCUT2D eigenvalue weighted by molar-refractivity contribution is 5.92. The number of anilines is 1. The van der Waals surface area contributed by atoms with E-state index in [0.29, 0.717) is 0 Å². The van der Waals surface area contributed by atoms with E-state index < -0.39 is 40.8 Å². The van der Waals surface area contributed by atoms with Crippen LogP contribution in [0.2, 0.25) is 0 Å². The maximum atomic E-state index is 13.3. The standard InChI is InChI=1S/C13H16F2N2O3/c1-13(2,3)10(11(18)19)17-12(20)16-9-7(14)5-4-6-8(9)15/h4-6,10H,1-3H3,(H,18,19)(H2,16,17,20)/t10-/m0/s1. The lowest BCUT2D eigenvalue weighted by Gasteiger charge is -2.27. The summed E-state index contributed by atoms with van der Waals surface area (Å²) in [4.78, 5) is 22.7. The van der Waals surface area contributed by atoms with Gasteiger partial charge in [0, 0.05) is 0 Å². The molecular formula is C13H16F2N2O3. The normalized spacial score (nSPS) is 12.7. The van der Waals surface area contributed by atoms with Crippen molar-refractivity contribution in [3.63, 3.8) is 0 Å². The lowest BCUT2D eigenvalue weighted by atomic mass is 9.87. The zero-order valence-corrected chi connectivity index (χ0v) is 11.3. The summed E-state index contributed by atoms with van der Waals surface area (Å²) < 4.78 is 26.7. The van der Waals surface area contributed by atoms with Crippen LogP contribution in [0.4, 0.5) is 19.3 Å². The van der Waals surface area contributed by atoms with Crippen LogP contribution < -0.4 is 10.6 Å². The highest BCUT2D eigenvalue weighted by Crippen LogP contribution is 2.21. The summed E-state index contributed by atoms with van der Waals surface area (Å²) in [5.41, 5.74) is -1.38. The molecule has 0 saturated carbocycles. The van der Waals surface area contributed by atoms with E-state index in [9.17, 15) is 18.4 Å². The van der Waals surface area contributed by atoms with E-state index in [1.165, 1.54) is 0 Å². The van der Waals surface area contributed by atoms with Gasteiger partial charge in [0.25, 0.3) is 0 Å². The van der Waals surface area contributed by atoms with Crippen molar-refractivity contribution in [1.29, 1.82) is 0 Å². The van der Waals surface area contributed by atoms with Crippen molar-refractivity contribution in [2.24, 2.45) is 5.41 Å². The molecule has 5 nitrogen and oxygen atoms in total. The average molecular weight is 286 g/mol. The first-order chi connectivity index (χ1) is 9.12. The molecule has 0 aliphatic carbocycles. The van der Waals surface area contributed by atoms with E-state index in [4.69, 9.17) is 5.11 Å². The number of amides is 2. The molecule has 0 radical (unpaired) electrons. The van der Waals surface area contributed by atoms with Gasteiger partial charge in [-0.1, -0.05) is 26.8 Å². The van der Waals surface area contributed by atoms with Crippen molar-refractivity contribution in [2.75, 3.05) is 5.32 Å². The third-order valence-corrected chi connectivity index (χ3v) is 2.59. The van der Waals surface area contributed by atoms with E-state index in [-0.39, 0.29) is 0 Å². The zero-order chi connectivity index (χ0) is 15.5. The molecule has 0 bridgehead atoms. The smallest absolute Gasteiger partial charge is 0.326 e. The summed E-state index contributed by atoms with van der Waals surface area (Å²) >= 11 is 0. The Kier molecular flexibility index (Phi) is 4.65.